The van der Waals surface area contributed by atoms with Gasteiger partial charge in [-0.3, -0.25) is 0 Å². The molecule has 0 aliphatic carbocycles. The predicted molar refractivity (Wildman–Crippen MR) is 83.9 cm³/mol. The van der Waals surface area contributed by atoms with Crippen LogP contribution in [0.2, 0.25) is 5.15 Å². The molecule has 0 aliphatic heterocycles. The van der Waals surface area contributed by atoms with Crippen molar-refractivity contribution >= 4 is 11.6 Å². The summed E-state index contributed by atoms with van der Waals surface area (Å²) in [6, 6.07) is 6.63. The first kappa shape index (κ1) is 16.0. The third-order valence-electron chi connectivity index (χ3n) is 3.50. The Morgan fingerprint density at radius 2 is 2.05 bits per heavy atom. The molecule has 2 aromatic rings. The molecule has 21 heavy (non-hydrogen) atoms. The number of nitrogens with one attached hydrogen (secondary N) is 2. The summed E-state index contributed by atoms with van der Waals surface area (Å²) < 4.78 is 12.9. The summed E-state index contributed by atoms with van der Waals surface area (Å²) >= 11 is 6.14. The van der Waals surface area contributed by atoms with Crippen LogP contribution in [0.25, 0.3) is 0 Å². The molecule has 3 nitrogen and oxygen atoms in total. The smallest absolute Gasteiger partial charge is 0.151 e. The predicted octanol–water partition coefficient (Wildman–Crippen LogP) is 4.40. The zero-order valence-electron chi connectivity index (χ0n) is 12.4. The minimum atomic E-state index is -0.219. The molecular formula is C16H21ClFN3. The van der Waals surface area contributed by atoms with Crippen LogP contribution in [0.4, 0.5) is 4.39 Å². The van der Waals surface area contributed by atoms with Gasteiger partial charge in [0.2, 0.25) is 0 Å². The fourth-order valence-electron chi connectivity index (χ4n) is 2.14. The van der Waals surface area contributed by atoms with E-state index in [0.717, 1.165) is 36.3 Å². The van der Waals surface area contributed by atoms with Crippen LogP contribution in [-0.4, -0.2) is 9.97 Å². The first-order valence-corrected chi connectivity index (χ1v) is 7.70. The number of rotatable bonds is 7. The third-order valence-corrected chi connectivity index (χ3v) is 3.81. The van der Waals surface area contributed by atoms with Gasteiger partial charge in [-0.05, 0) is 31.0 Å². The van der Waals surface area contributed by atoms with Gasteiger partial charge in [0, 0.05) is 19.0 Å². The summed E-state index contributed by atoms with van der Waals surface area (Å²) in [7, 11) is 0. The highest BCUT2D eigenvalue weighted by Crippen LogP contribution is 2.17. The second kappa shape index (κ2) is 7.57. The molecule has 1 atom stereocenters. The molecule has 0 spiro atoms. The Hall–Kier alpha value is -1.39. The van der Waals surface area contributed by atoms with Crippen LogP contribution in [0.1, 0.15) is 49.8 Å². The highest BCUT2D eigenvalue weighted by Gasteiger charge is 2.10. The van der Waals surface area contributed by atoms with E-state index >= 15 is 0 Å². The molecule has 5 heteroatoms. The molecule has 0 bridgehead atoms. The summed E-state index contributed by atoms with van der Waals surface area (Å²) in [5, 5.41) is 3.89. The van der Waals surface area contributed by atoms with Gasteiger partial charge in [-0.1, -0.05) is 37.1 Å². The minimum Gasteiger partial charge on any atom is -0.344 e. The van der Waals surface area contributed by atoms with Gasteiger partial charge >= 0.3 is 0 Å². The summed E-state index contributed by atoms with van der Waals surface area (Å²) in [5.74, 6) is 0.719. The molecule has 2 N–H and O–H groups in total. The Balaban J connectivity index is 1.93. The van der Waals surface area contributed by atoms with E-state index in [2.05, 4.69) is 22.2 Å². The molecule has 0 fully saturated rings. The lowest BCUT2D eigenvalue weighted by Crippen LogP contribution is -2.18. The van der Waals surface area contributed by atoms with Gasteiger partial charge in [-0.15, -0.1) is 0 Å². The van der Waals surface area contributed by atoms with E-state index in [4.69, 9.17) is 11.6 Å². The maximum atomic E-state index is 12.9. The molecular weight excluding hydrogens is 289 g/mol. The second-order valence-electron chi connectivity index (χ2n) is 5.21. The molecule has 2 rings (SSSR count). The van der Waals surface area contributed by atoms with Crippen molar-refractivity contribution in [3.8, 4) is 0 Å². The van der Waals surface area contributed by atoms with Crippen LogP contribution >= 0.6 is 11.6 Å². The van der Waals surface area contributed by atoms with Gasteiger partial charge in [0.25, 0.3) is 0 Å². The normalized spacial score (nSPS) is 12.6. The number of unbranched alkanes of at least 4 members (excludes halogenated alkanes) is 1. The van der Waals surface area contributed by atoms with E-state index in [1.165, 1.54) is 12.1 Å². The van der Waals surface area contributed by atoms with Crippen LogP contribution in [-0.2, 0) is 13.0 Å². The lowest BCUT2D eigenvalue weighted by atomic mass is 10.1. The van der Waals surface area contributed by atoms with E-state index in [1.807, 2.05) is 6.92 Å². The van der Waals surface area contributed by atoms with Gasteiger partial charge in [0.1, 0.15) is 11.6 Å². The number of nitrogens with zero attached hydrogens (tertiary/aromatic N) is 1. The Kier molecular flexibility index (Phi) is 5.76. The topological polar surface area (TPSA) is 40.7 Å². The number of hydrogen-bond donors (Lipinski definition) is 2. The molecule has 0 radical (unpaired) electrons. The molecule has 114 valence electrons. The second-order valence-corrected chi connectivity index (χ2v) is 5.57. The lowest BCUT2D eigenvalue weighted by molar-refractivity contribution is 0.565. The van der Waals surface area contributed by atoms with Crippen molar-refractivity contribution in [2.75, 3.05) is 0 Å². The average molecular weight is 310 g/mol. The van der Waals surface area contributed by atoms with E-state index in [0.29, 0.717) is 11.7 Å². The maximum absolute atomic E-state index is 12.9. The zero-order chi connectivity index (χ0) is 15.2. The van der Waals surface area contributed by atoms with E-state index in [1.54, 1.807) is 12.1 Å². The fraction of sp³-hybridized carbons (Fsp3) is 0.438. The van der Waals surface area contributed by atoms with E-state index in [9.17, 15) is 4.39 Å². The molecule has 1 aromatic carbocycles. The zero-order valence-corrected chi connectivity index (χ0v) is 13.2. The molecule has 0 unspecified atom stereocenters. The van der Waals surface area contributed by atoms with Crippen molar-refractivity contribution in [1.82, 2.24) is 15.3 Å². The number of aromatic amines is 1. The molecule has 1 heterocycles. The summed E-state index contributed by atoms with van der Waals surface area (Å²) in [6.07, 6.45) is 3.15. The van der Waals surface area contributed by atoms with Crippen LogP contribution in [0, 0.1) is 5.82 Å². The number of aromatic nitrogens is 2. The Labute approximate surface area is 129 Å². The fourth-order valence-corrected chi connectivity index (χ4v) is 2.36. The highest BCUT2D eigenvalue weighted by molar-refractivity contribution is 6.30. The monoisotopic (exact) mass is 309 g/mol. The standard InChI is InChI=1S/C16H21ClFN3/c1-3-4-5-15-20-14(16(17)21-15)10-19-11(2)12-6-8-13(18)9-7-12/h6-9,11,19H,3-5,10H2,1-2H3,(H,20,21)/t11-/m0/s1. The van der Waals surface area contributed by atoms with Crippen molar-refractivity contribution in [1.29, 1.82) is 0 Å². The lowest BCUT2D eigenvalue weighted by Gasteiger charge is -2.13. The van der Waals surface area contributed by atoms with Crippen LogP contribution < -0.4 is 5.32 Å². The number of hydrogen-bond acceptors (Lipinski definition) is 2. The molecule has 0 saturated carbocycles. The Morgan fingerprint density at radius 1 is 1.33 bits per heavy atom. The number of aryl methyl sites for hydroxylation is 1. The SMILES string of the molecule is CCCCc1nc(Cl)c(CN[C@@H](C)c2ccc(F)cc2)[nH]1. The number of halogens is 2. The van der Waals surface area contributed by atoms with Crippen LogP contribution in [0.3, 0.4) is 0 Å². The molecule has 0 aliphatic rings. The third kappa shape index (κ3) is 4.55. The highest BCUT2D eigenvalue weighted by atomic mass is 35.5. The molecule has 0 amide bonds. The Bertz CT molecular complexity index is 565. The number of H-pyrrole nitrogens is 1. The summed E-state index contributed by atoms with van der Waals surface area (Å²) in [6.45, 7) is 4.80. The largest absolute Gasteiger partial charge is 0.344 e. The van der Waals surface area contributed by atoms with Crippen molar-refractivity contribution in [2.24, 2.45) is 0 Å². The minimum absolute atomic E-state index is 0.115. The Morgan fingerprint density at radius 3 is 2.71 bits per heavy atom. The maximum Gasteiger partial charge on any atom is 0.151 e. The quantitative estimate of drug-likeness (QED) is 0.796. The number of imidazole rings is 1. The molecule has 0 saturated heterocycles. The van der Waals surface area contributed by atoms with Crippen molar-refractivity contribution in [3.63, 3.8) is 0 Å². The van der Waals surface area contributed by atoms with Crippen LogP contribution in [0.15, 0.2) is 24.3 Å². The van der Waals surface area contributed by atoms with E-state index in [-0.39, 0.29) is 11.9 Å². The van der Waals surface area contributed by atoms with Gasteiger partial charge < -0.3 is 10.3 Å². The van der Waals surface area contributed by atoms with Gasteiger partial charge in [0.15, 0.2) is 5.15 Å². The molecule has 1 aromatic heterocycles. The summed E-state index contributed by atoms with van der Waals surface area (Å²) in [4.78, 5) is 7.60. The van der Waals surface area contributed by atoms with Gasteiger partial charge in [-0.25, -0.2) is 9.37 Å². The van der Waals surface area contributed by atoms with E-state index < -0.39 is 0 Å². The first-order valence-electron chi connectivity index (χ1n) is 7.32. The van der Waals surface area contributed by atoms with Crippen molar-refractivity contribution in [3.05, 3.63) is 52.3 Å². The van der Waals surface area contributed by atoms with Gasteiger partial charge in [-0.2, -0.15) is 0 Å². The van der Waals surface area contributed by atoms with Crippen molar-refractivity contribution < 1.29 is 4.39 Å². The summed E-state index contributed by atoms with van der Waals surface area (Å²) in [5.41, 5.74) is 1.94. The van der Waals surface area contributed by atoms with Gasteiger partial charge in [0.05, 0.1) is 5.69 Å². The van der Waals surface area contributed by atoms with Crippen molar-refractivity contribution in [2.45, 2.75) is 45.7 Å². The van der Waals surface area contributed by atoms with Crippen LogP contribution in [0.5, 0.6) is 0 Å². The first-order chi connectivity index (χ1) is 10.1. The number of benzene rings is 1. The average Bonchev–Trinajstić information content (AvgIpc) is 2.83.